The predicted octanol–water partition coefficient (Wildman–Crippen LogP) is 3.03. The molecule has 0 aliphatic heterocycles. The zero-order valence-corrected chi connectivity index (χ0v) is 12.4. The summed E-state index contributed by atoms with van der Waals surface area (Å²) in [7, 11) is 1.75. The van der Waals surface area contributed by atoms with Crippen LogP contribution in [0.15, 0.2) is 12.2 Å². The number of allylic oxidation sites excluding steroid dienone is 2. The van der Waals surface area contributed by atoms with Gasteiger partial charge in [-0.1, -0.05) is 19.3 Å². The van der Waals surface area contributed by atoms with Crippen molar-refractivity contribution >= 4 is 17.3 Å². The Bertz CT molecular complexity index is 673. The first kappa shape index (κ1) is 14.0. The van der Waals surface area contributed by atoms with E-state index in [1.165, 1.54) is 18.6 Å². The molecule has 0 spiro atoms. The first-order chi connectivity index (χ1) is 10.0. The number of fused-ring (bicyclic) bond motifs is 1. The standard InChI is InChI=1S/C17H19NO3/c1-10-14(17(21)11-6-4-3-5-7-11)15-12(19)8-9-13(20)16(15)18(10)2/h8-9,11H,3-7H2,1-2H3. The van der Waals surface area contributed by atoms with E-state index in [2.05, 4.69) is 0 Å². The van der Waals surface area contributed by atoms with Gasteiger partial charge in [0.15, 0.2) is 11.6 Å². The quantitative estimate of drug-likeness (QED) is 0.785. The zero-order valence-electron chi connectivity index (χ0n) is 12.4. The molecule has 110 valence electrons. The van der Waals surface area contributed by atoms with Gasteiger partial charge >= 0.3 is 0 Å². The van der Waals surface area contributed by atoms with Crippen molar-refractivity contribution < 1.29 is 14.4 Å². The molecule has 1 aromatic heterocycles. The molecule has 1 saturated carbocycles. The van der Waals surface area contributed by atoms with Crippen molar-refractivity contribution in [3.05, 3.63) is 34.7 Å². The van der Waals surface area contributed by atoms with Crippen molar-refractivity contribution in [2.75, 3.05) is 0 Å². The summed E-state index contributed by atoms with van der Waals surface area (Å²) in [5.41, 5.74) is 1.88. The van der Waals surface area contributed by atoms with Crippen LogP contribution in [-0.4, -0.2) is 21.9 Å². The minimum absolute atomic E-state index is 0.00208. The van der Waals surface area contributed by atoms with E-state index in [0.717, 1.165) is 31.4 Å². The molecule has 0 N–H and O–H groups in total. The van der Waals surface area contributed by atoms with Gasteiger partial charge in [0.1, 0.15) is 5.69 Å². The summed E-state index contributed by atoms with van der Waals surface area (Å²) in [5.74, 6) is -0.386. The largest absolute Gasteiger partial charge is 0.344 e. The Morgan fingerprint density at radius 2 is 1.71 bits per heavy atom. The van der Waals surface area contributed by atoms with Crippen LogP contribution in [0.4, 0.5) is 0 Å². The minimum atomic E-state index is -0.229. The molecule has 1 heterocycles. The third kappa shape index (κ3) is 2.09. The summed E-state index contributed by atoms with van der Waals surface area (Å²) in [4.78, 5) is 37.1. The number of carbonyl (C=O) groups is 3. The molecule has 0 aromatic carbocycles. The molecule has 4 nitrogen and oxygen atoms in total. The van der Waals surface area contributed by atoms with E-state index < -0.39 is 0 Å². The first-order valence-corrected chi connectivity index (χ1v) is 7.52. The SMILES string of the molecule is Cc1c(C(=O)C2CCCCC2)c2c(n1C)C(=O)C=CC2=O. The highest BCUT2D eigenvalue weighted by Gasteiger charge is 2.34. The molecule has 2 aliphatic rings. The molecule has 0 atom stereocenters. The molecule has 1 aromatic rings. The maximum absolute atomic E-state index is 12.9. The first-order valence-electron chi connectivity index (χ1n) is 7.52. The Morgan fingerprint density at radius 3 is 2.38 bits per heavy atom. The van der Waals surface area contributed by atoms with Crippen LogP contribution in [0.2, 0.25) is 0 Å². The number of Topliss-reactive ketones (excluding diaryl/α,β-unsaturated/α-hetero) is 1. The summed E-state index contributed by atoms with van der Waals surface area (Å²) in [6.45, 7) is 1.81. The number of rotatable bonds is 2. The van der Waals surface area contributed by atoms with Gasteiger partial charge in [-0.15, -0.1) is 0 Å². The average Bonchev–Trinajstić information content (AvgIpc) is 2.77. The Morgan fingerprint density at radius 1 is 1.10 bits per heavy atom. The third-order valence-corrected chi connectivity index (χ3v) is 4.78. The van der Waals surface area contributed by atoms with E-state index in [1.807, 2.05) is 6.92 Å². The van der Waals surface area contributed by atoms with Gasteiger partial charge in [-0.05, 0) is 31.9 Å². The van der Waals surface area contributed by atoms with Gasteiger partial charge in [0.05, 0.1) is 11.1 Å². The lowest BCUT2D eigenvalue weighted by atomic mass is 9.82. The second-order valence-electron chi connectivity index (χ2n) is 6.00. The van der Waals surface area contributed by atoms with E-state index in [1.54, 1.807) is 11.6 Å². The van der Waals surface area contributed by atoms with Crippen LogP contribution < -0.4 is 0 Å². The normalized spacial score (nSPS) is 19.0. The van der Waals surface area contributed by atoms with E-state index in [9.17, 15) is 14.4 Å². The maximum atomic E-state index is 12.9. The Balaban J connectivity index is 2.12. The van der Waals surface area contributed by atoms with Crippen LogP contribution in [-0.2, 0) is 7.05 Å². The van der Waals surface area contributed by atoms with Crippen molar-refractivity contribution in [2.45, 2.75) is 39.0 Å². The number of hydrogen-bond donors (Lipinski definition) is 0. The van der Waals surface area contributed by atoms with Gasteiger partial charge < -0.3 is 4.57 Å². The Labute approximate surface area is 123 Å². The number of hydrogen-bond acceptors (Lipinski definition) is 3. The predicted molar refractivity (Wildman–Crippen MR) is 78.9 cm³/mol. The molecule has 3 rings (SSSR count). The molecule has 4 heteroatoms. The van der Waals surface area contributed by atoms with Crippen LogP contribution in [0.3, 0.4) is 0 Å². The lowest BCUT2D eigenvalue weighted by Gasteiger charge is -2.20. The molecule has 21 heavy (non-hydrogen) atoms. The summed E-state index contributed by atoms with van der Waals surface area (Å²) >= 11 is 0. The van der Waals surface area contributed by atoms with Crippen LogP contribution >= 0.6 is 0 Å². The van der Waals surface area contributed by atoms with Crippen molar-refractivity contribution in [1.82, 2.24) is 4.57 Å². The molecular weight excluding hydrogens is 266 g/mol. The summed E-state index contributed by atoms with van der Waals surface area (Å²) in [6, 6.07) is 0. The second-order valence-corrected chi connectivity index (χ2v) is 6.00. The smallest absolute Gasteiger partial charge is 0.203 e. The van der Waals surface area contributed by atoms with Gasteiger partial charge in [0.25, 0.3) is 0 Å². The van der Waals surface area contributed by atoms with Crippen molar-refractivity contribution in [3.8, 4) is 0 Å². The molecule has 0 radical (unpaired) electrons. The zero-order chi connectivity index (χ0) is 15.1. The van der Waals surface area contributed by atoms with E-state index in [0.29, 0.717) is 16.8 Å². The van der Waals surface area contributed by atoms with Crippen LogP contribution in [0.25, 0.3) is 0 Å². The minimum Gasteiger partial charge on any atom is -0.344 e. The number of ketones is 3. The summed E-state index contributed by atoms with van der Waals surface area (Å²) in [6.07, 6.45) is 7.66. The molecule has 2 aliphatic carbocycles. The Kier molecular flexibility index (Phi) is 3.40. The van der Waals surface area contributed by atoms with Crippen molar-refractivity contribution in [1.29, 1.82) is 0 Å². The average molecular weight is 285 g/mol. The molecule has 1 fully saturated rings. The highest BCUT2D eigenvalue weighted by Crippen LogP contribution is 2.33. The highest BCUT2D eigenvalue weighted by molar-refractivity contribution is 6.25. The Hall–Kier alpha value is -1.97. The second kappa shape index (κ2) is 5.10. The number of nitrogens with zero attached hydrogens (tertiary/aromatic N) is 1. The van der Waals surface area contributed by atoms with Gasteiger partial charge in [0, 0.05) is 18.7 Å². The van der Waals surface area contributed by atoms with Crippen molar-refractivity contribution in [2.24, 2.45) is 13.0 Å². The van der Waals surface area contributed by atoms with Gasteiger partial charge in [0.2, 0.25) is 5.78 Å². The lowest BCUT2D eigenvalue weighted by Crippen LogP contribution is -2.21. The molecule has 0 saturated heterocycles. The fraction of sp³-hybridized carbons (Fsp3) is 0.471. The maximum Gasteiger partial charge on any atom is 0.203 e. The monoisotopic (exact) mass is 285 g/mol. The fourth-order valence-electron chi connectivity index (χ4n) is 3.51. The number of carbonyl (C=O) groups excluding carboxylic acids is 3. The summed E-state index contributed by atoms with van der Waals surface area (Å²) in [5, 5.41) is 0. The molecular formula is C17H19NO3. The van der Waals surface area contributed by atoms with Gasteiger partial charge in [-0.2, -0.15) is 0 Å². The van der Waals surface area contributed by atoms with Crippen LogP contribution in [0.5, 0.6) is 0 Å². The molecule has 0 unspecified atom stereocenters. The van der Waals surface area contributed by atoms with E-state index in [4.69, 9.17) is 0 Å². The van der Waals surface area contributed by atoms with Crippen LogP contribution in [0, 0.1) is 12.8 Å². The lowest BCUT2D eigenvalue weighted by molar-refractivity contribution is 0.0882. The van der Waals surface area contributed by atoms with E-state index in [-0.39, 0.29) is 23.3 Å². The van der Waals surface area contributed by atoms with Gasteiger partial charge in [-0.25, -0.2) is 0 Å². The van der Waals surface area contributed by atoms with E-state index >= 15 is 0 Å². The fourth-order valence-corrected chi connectivity index (χ4v) is 3.51. The third-order valence-electron chi connectivity index (χ3n) is 4.78. The topological polar surface area (TPSA) is 56.1 Å². The van der Waals surface area contributed by atoms with Crippen molar-refractivity contribution in [3.63, 3.8) is 0 Å². The highest BCUT2D eigenvalue weighted by atomic mass is 16.1. The molecule has 0 amide bonds. The number of aromatic nitrogens is 1. The summed E-state index contributed by atoms with van der Waals surface area (Å²) < 4.78 is 1.69. The van der Waals surface area contributed by atoms with Gasteiger partial charge in [-0.3, -0.25) is 14.4 Å². The molecule has 0 bridgehead atoms. The van der Waals surface area contributed by atoms with Crippen LogP contribution in [0.1, 0.15) is 69.0 Å².